The summed E-state index contributed by atoms with van der Waals surface area (Å²) in [5, 5.41) is 2.96. The van der Waals surface area contributed by atoms with Gasteiger partial charge in [-0.2, -0.15) is 0 Å². The van der Waals surface area contributed by atoms with E-state index in [2.05, 4.69) is 5.32 Å². The van der Waals surface area contributed by atoms with Crippen LogP contribution in [-0.4, -0.2) is 29.6 Å². The lowest BCUT2D eigenvalue weighted by molar-refractivity contribution is 0.179. The van der Waals surface area contributed by atoms with Crippen molar-refractivity contribution in [3.8, 4) is 0 Å². The molecule has 0 radical (unpaired) electrons. The molecule has 1 aliphatic heterocycles. The number of carbonyl (C=O) groups excluding carboxylic acids is 1. The van der Waals surface area contributed by atoms with Crippen LogP contribution in [0.5, 0.6) is 0 Å². The molecule has 1 heterocycles. The third-order valence-corrected chi connectivity index (χ3v) is 2.93. The summed E-state index contributed by atoms with van der Waals surface area (Å²) in [6.45, 7) is 4.97. The van der Waals surface area contributed by atoms with Crippen molar-refractivity contribution in [2.24, 2.45) is 5.92 Å². The third kappa shape index (κ3) is 1.79. The number of fused-ring (bicyclic) bond motifs is 1. The molecule has 1 saturated heterocycles. The second-order valence-corrected chi connectivity index (χ2v) is 4.50. The predicted molar refractivity (Wildman–Crippen MR) is 51.5 cm³/mol. The molecule has 13 heavy (non-hydrogen) atoms. The number of rotatable bonds is 1. The molecule has 0 bridgehead atoms. The number of urea groups is 1. The van der Waals surface area contributed by atoms with Crippen molar-refractivity contribution < 1.29 is 4.79 Å². The molecule has 0 aromatic heterocycles. The molecule has 0 spiro atoms. The number of likely N-dealkylation sites (tertiary alicyclic amines) is 1. The Morgan fingerprint density at radius 1 is 1.54 bits per heavy atom. The molecule has 1 aliphatic carbocycles. The summed E-state index contributed by atoms with van der Waals surface area (Å²) in [6, 6.07) is 0.973. The van der Waals surface area contributed by atoms with E-state index in [9.17, 15) is 4.79 Å². The van der Waals surface area contributed by atoms with Crippen molar-refractivity contribution in [3.05, 3.63) is 0 Å². The van der Waals surface area contributed by atoms with Gasteiger partial charge in [0, 0.05) is 18.6 Å². The number of hydrogen-bond acceptors (Lipinski definition) is 1. The zero-order valence-corrected chi connectivity index (χ0v) is 8.42. The summed E-state index contributed by atoms with van der Waals surface area (Å²) >= 11 is 0. The minimum absolute atomic E-state index is 0.141. The fourth-order valence-electron chi connectivity index (χ4n) is 2.20. The van der Waals surface area contributed by atoms with E-state index in [1.54, 1.807) is 0 Å². The number of nitrogens with one attached hydrogen (secondary N) is 1. The average Bonchev–Trinajstić information content (AvgIpc) is 2.79. The van der Waals surface area contributed by atoms with Gasteiger partial charge in [-0.15, -0.1) is 0 Å². The Morgan fingerprint density at radius 2 is 2.31 bits per heavy atom. The molecule has 0 aromatic rings. The molecule has 1 N–H and O–H groups in total. The predicted octanol–water partition coefficient (Wildman–Crippen LogP) is 1.59. The minimum atomic E-state index is 0.141. The second kappa shape index (κ2) is 3.20. The van der Waals surface area contributed by atoms with E-state index in [0.717, 1.165) is 12.5 Å². The number of piperidine rings is 1. The van der Waals surface area contributed by atoms with E-state index >= 15 is 0 Å². The van der Waals surface area contributed by atoms with E-state index in [0.29, 0.717) is 6.04 Å². The maximum atomic E-state index is 11.7. The highest BCUT2D eigenvalue weighted by molar-refractivity contribution is 5.75. The van der Waals surface area contributed by atoms with Crippen LogP contribution in [0.2, 0.25) is 0 Å². The van der Waals surface area contributed by atoms with Crippen molar-refractivity contribution >= 4 is 6.03 Å². The molecule has 3 heteroatoms. The van der Waals surface area contributed by atoms with Crippen molar-refractivity contribution in [1.29, 1.82) is 0 Å². The molecule has 2 amide bonds. The number of hydrogen-bond donors (Lipinski definition) is 1. The van der Waals surface area contributed by atoms with Gasteiger partial charge in [0.1, 0.15) is 0 Å². The standard InChI is InChI=1S/C10H18N2O/c1-7(2)11-10(13)12-5-3-4-8-6-9(8)12/h7-9H,3-6H2,1-2H3,(H,11,13)/t8-,9+/m1/s1. The second-order valence-electron chi connectivity index (χ2n) is 4.50. The zero-order chi connectivity index (χ0) is 9.42. The van der Waals surface area contributed by atoms with Gasteiger partial charge in [-0.1, -0.05) is 0 Å². The van der Waals surface area contributed by atoms with E-state index in [4.69, 9.17) is 0 Å². The van der Waals surface area contributed by atoms with Crippen LogP contribution < -0.4 is 5.32 Å². The number of nitrogens with zero attached hydrogens (tertiary/aromatic N) is 1. The fourth-order valence-corrected chi connectivity index (χ4v) is 2.20. The van der Waals surface area contributed by atoms with Crippen LogP contribution in [0.15, 0.2) is 0 Å². The quantitative estimate of drug-likeness (QED) is 0.656. The van der Waals surface area contributed by atoms with Crippen LogP contribution >= 0.6 is 0 Å². The van der Waals surface area contributed by atoms with Gasteiger partial charge in [0.05, 0.1) is 0 Å². The first-order valence-corrected chi connectivity index (χ1v) is 5.25. The normalized spacial score (nSPS) is 31.5. The van der Waals surface area contributed by atoms with Gasteiger partial charge in [-0.05, 0) is 39.0 Å². The molecule has 0 aromatic carbocycles. The zero-order valence-electron chi connectivity index (χ0n) is 8.42. The molecule has 2 atom stereocenters. The Bertz CT molecular complexity index is 215. The van der Waals surface area contributed by atoms with Gasteiger partial charge in [0.2, 0.25) is 0 Å². The Hall–Kier alpha value is -0.730. The largest absolute Gasteiger partial charge is 0.336 e. The van der Waals surface area contributed by atoms with Crippen molar-refractivity contribution in [3.63, 3.8) is 0 Å². The highest BCUT2D eigenvalue weighted by atomic mass is 16.2. The van der Waals surface area contributed by atoms with E-state index in [-0.39, 0.29) is 12.1 Å². The van der Waals surface area contributed by atoms with Gasteiger partial charge in [-0.25, -0.2) is 4.79 Å². The topological polar surface area (TPSA) is 32.3 Å². The maximum absolute atomic E-state index is 11.7. The summed E-state index contributed by atoms with van der Waals surface area (Å²) in [5.74, 6) is 0.826. The summed E-state index contributed by atoms with van der Waals surface area (Å²) in [7, 11) is 0. The smallest absolute Gasteiger partial charge is 0.317 e. The van der Waals surface area contributed by atoms with Gasteiger partial charge < -0.3 is 10.2 Å². The Balaban J connectivity index is 1.88. The lowest BCUT2D eigenvalue weighted by Crippen LogP contribution is -2.46. The molecule has 3 nitrogen and oxygen atoms in total. The lowest BCUT2D eigenvalue weighted by atomic mass is 10.1. The first-order valence-electron chi connectivity index (χ1n) is 5.25. The Labute approximate surface area is 79.5 Å². The van der Waals surface area contributed by atoms with Crippen LogP contribution in [0.25, 0.3) is 0 Å². The Morgan fingerprint density at radius 3 is 3.00 bits per heavy atom. The summed E-state index contributed by atoms with van der Waals surface area (Å²) < 4.78 is 0. The molecule has 2 fully saturated rings. The van der Waals surface area contributed by atoms with E-state index < -0.39 is 0 Å². The highest BCUT2D eigenvalue weighted by Crippen LogP contribution is 2.42. The Kier molecular flexibility index (Phi) is 2.18. The summed E-state index contributed by atoms with van der Waals surface area (Å²) in [4.78, 5) is 13.7. The van der Waals surface area contributed by atoms with Crippen LogP contribution in [0.4, 0.5) is 4.79 Å². The first kappa shape index (κ1) is 8.85. The van der Waals surface area contributed by atoms with Crippen LogP contribution in [-0.2, 0) is 0 Å². The SMILES string of the molecule is CC(C)NC(=O)N1CCC[C@@H]2C[C@@H]21. The molecule has 0 unspecified atom stereocenters. The summed E-state index contributed by atoms with van der Waals surface area (Å²) in [6.07, 6.45) is 3.76. The van der Waals surface area contributed by atoms with Crippen LogP contribution in [0.3, 0.4) is 0 Å². The molecular weight excluding hydrogens is 164 g/mol. The van der Waals surface area contributed by atoms with Crippen molar-refractivity contribution in [2.75, 3.05) is 6.54 Å². The van der Waals surface area contributed by atoms with Gasteiger partial charge in [0.15, 0.2) is 0 Å². The molecule has 74 valence electrons. The highest BCUT2D eigenvalue weighted by Gasteiger charge is 2.45. The van der Waals surface area contributed by atoms with Crippen molar-refractivity contribution in [2.45, 2.75) is 45.2 Å². The monoisotopic (exact) mass is 182 g/mol. The van der Waals surface area contributed by atoms with Gasteiger partial charge >= 0.3 is 6.03 Å². The molecule has 2 rings (SSSR count). The lowest BCUT2D eigenvalue weighted by Gasteiger charge is -2.27. The van der Waals surface area contributed by atoms with Crippen LogP contribution in [0, 0.1) is 5.92 Å². The molecular formula is C10H18N2O. The molecule has 2 aliphatic rings. The number of amides is 2. The molecule has 1 saturated carbocycles. The minimum Gasteiger partial charge on any atom is -0.336 e. The van der Waals surface area contributed by atoms with Crippen molar-refractivity contribution in [1.82, 2.24) is 10.2 Å². The average molecular weight is 182 g/mol. The van der Waals surface area contributed by atoms with E-state index in [1.165, 1.54) is 19.3 Å². The third-order valence-electron chi connectivity index (χ3n) is 2.93. The van der Waals surface area contributed by atoms with Gasteiger partial charge in [0.25, 0.3) is 0 Å². The van der Waals surface area contributed by atoms with Gasteiger partial charge in [-0.3, -0.25) is 0 Å². The number of carbonyl (C=O) groups is 1. The summed E-state index contributed by atoms with van der Waals surface area (Å²) in [5.41, 5.74) is 0. The van der Waals surface area contributed by atoms with E-state index in [1.807, 2.05) is 18.7 Å². The maximum Gasteiger partial charge on any atom is 0.317 e. The first-order chi connectivity index (χ1) is 6.18. The fraction of sp³-hybridized carbons (Fsp3) is 0.900. The van der Waals surface area contributed by atoms with Crippen LogP contribution in [0.1, 0.15) is 33.1 Å².